The number of para-hydroxylation sites is 1. The minimum absolute atomic E-state index is 0.0594. The van der Waals surface area contributed by atoms with Crippen LogP contribution in [0.25, 0.3) is 0 Å². The quantitative estimate of drug-likeness (QED) is 0.799. The number of carbonyl (C=O) groups excluding carboxylic acids is 1. The van der Waals surface area contributed by atoms with Crippen molar-refractivity contribution in [2.75, 3.05) is 10.2 Å². The number of carbonyl (C=O) groups is 1. The summed E-state index contributed by atoms with van der Waals surface area (Å²) in [5.41, 5.74) is 2.86. The number of benzene rings is 2. The first-order chi connectivity index (χ1) is 11.0. The van der Waals surface area contributed by atoms with Gasteiger partial charge in [-0.2, -0.15) is 0 Å². The summed E-state index contributed by atoms with van der Waals surface area (Å²) in [6, 6.07) is 13.5. The van der Waals surface area contributed by atoms with Crippen LogP contribution in [0.1, 0.15) is 31.9 Å². The Morgan fingerprint density at radius 3 is 2.70 bits per heavy atom. The third kappa shape index (κ3) is 3.17. The molecule has 23 heavy (non-hydrogen) atoms. The fraction of sp³-hybridized carbons (Fsp3) is 0.278. The lowest BCUT2D eigenvalue weighted by Crippen LogP contribution is -2.43. The number of nitrogens with one attached hydrogen (secondary N) is 1. The summed E-state index contributed by atoms with van der Waals surface area (Å²) < 4.78 is 0. The molecule has 0 fully saturated rings. The number of rotatable bonds is 2. The average Bonchev–Trinajstić information content (AvgIpc) is 2.50. The molecule has 1 aliphatic heterocycles. The van der Waals surface area contributed by atoms with E-state index in [0.29, 0.717) is 10.0 Å². The van der Waals surface area contributed by atoms with E-state index in [0.717, 1.165) is 23.4 Å². The Kier molecular flexibility index (Phi) is 4.51. The fourth-order valence-electron chi connectivity index (χ4n) is 3.22. The van der Waals surface area contributed by atoms with Gasteiger partial charge in [0.25, 0.3) is 0 Å². The van der Waals surface area contributed by atoms with E-state index < -0.39 is 0 Å². The molecule has 1 aliphatic rings. The van der Waals surface area contributed by atoms with Crippen molar-refractivity contribution in [2.24, 2.45) is 0 Å². The van der Waals surface area contributed by atoms with Crippen LogP contribution < -0.4 is 10.2 Å². The summed E-state index contributed by atoms with van der Waals surface area (Å²) in [4.78, 5) is 13.9. The van der Waals surface area contributed by atoms with Crippen LogP contribution in [0, 0.1) is 0 Å². The maximum atomic E-state index is 12.0. The second-order valence-electron chi connectivity index (χ2n) is 5.85. The Labute approximate surface area is 146 Å². The minimum Gasteiger partial charge on any atom is -0.377 e. The molecule has 0 spiro atoms. The van der Waals surface area contributed by atoms with Gasteiger partial charge in [-0.3, -0.25) is 4.79 Å². The summed E-state index contributed by atoms with van der Waals surface area (Å²) >= 11 is 12.3. The fourth-order valence-corrected chi connectivity index (χ4v) is 3.57. The van der Waals surface area contributed by atoms with E-state index in [9.17, 15) is 4.79 Å². The van der Waals surface area contributed by atoms with Crippen molar-refractivity contribution < 1.29 is 4.79 Å². The summed E-state index contributed by atoms with van der Waals surface area (Å²) in [5.74, 6) is 0.0594. The van der Waals surface area contributed by atoms with E-state index in [1.165, 1.54) is 0 Å². The average molecular weight is 349 g/mol. The van der Waals surface area contributed by atoms with Crippen LogP contribution in [0.5, 0.6) is 0 Å². The van der Waals surface area contributed by atoms with Gasteiger partial charge in [0, 0.05) is 23.7 Å². The molecule has 2 unspecified atom stereocenters. The second-order valence-corrected chi connectivity index (χ2v) is 6.70. The molecule has 0 saturated carbocycles. The molecule has 2 aromatic carbocycles. The summed E-state index contributed by atoms with van der Waals surface area (Å²) in [7, 11) is 0. The Bertz CT molecular complexity index is 748. The van der Waals surface area contributed by atoms with Crippen LogP contribution in [0.4, 0.5) is 11.4 Å². The molecule has 1 heterocycles. The highest BCUT2D eigenvalue weighted by Gasteiger charge is 2.32. The zero-order valence-electron chi connectivity index (χ0n) is 13.0. The van der Waals surface area contributed by atoms with E-state index in [-0.39, 0.29) is 18.0 Å². The van der Waals surface area contributed by atoms with E-state index in [2.05, 4.69) is 12.2 Å². The smallest absolute Gasteiger partial charge is 0.224 e. The Morgan fingerprint density at radius 1 is 1.22 bits per heavy atom. The highest BCUT2D eigenvalue weighted by Crippen LogP contribution is 2.40. The lowest BCUT2D eigenvalue weighted by molar-refractivity contribution is -0.117. The molecule has 120 valence electrons. The standard InChI is InChI=1S/C18H18Cl2N2O/c1-11-9-16(21-17-10-13(19)7-8-15(17)20)14-5-3-4-6-18(14)22(11)12(2)23/h3-8,10-11,16,21H,9H2,1-2H3. The minimum atomic E-state index is 0.0594. The molecule has 2 aromatic rings. The Morgan fingerprint density at radius 2 is 1.96 bits per heavy atom. The summed E-state index contributed by atoms with van der Waals surface area (Å²) in [6.07, 6.45) is 0.805. The summed E-state index contributed by atoms with van der Waals surface area (Å²) in [6.45, 7) is 3.67. The van der Waals surface area contributed by atoms with E-state index in [1.54, 1.807) is 19.1 Å². The second kappa shape index (κ2) is 6.42. The number of nitrogens with zero attached hydrogens (tertiary/aromatic N) is 1. The van der Waals surface area contributed by atoms with Crippen molar-refractivity contribution in [1.29, 1.82) is 0 Å². The zero-order valence-corrected chi connectivity index (χ0v) is 14.5. The monoisotopic (exact) mass is 348 g/mol. The van der Waals surface area contributed by atoms with Gasteiger partial charge in [-0.05, 0) is 43.2 Å². The van der Waals surface area contributed by atoms with Crippen molar-refractivity contribution in [3.8, 4) is 0 Å². The molecular formula is C18H18Cl2N2O. The summed E-state index contributed by atoms with van der Waals surface area (Å²) in [5, 5.41) is 4.75. The normalized spacial score (nSPS) is 20.1. The molecule has 0 radical (unpaired) electrons. The predicted octanol–water partition coefficient (Wildman–Crippen LogP) is 5.29. The maximum Gasteiger partial charge on any atom is 0.224 e. The van der Waals surface area contributed by atoms with Crippen molar-refractivity contribution >= 4 is 40.5 Å². The number of amides is 1. The van der Waals surface area contributed by atoms with Gasteiger partial charge in [0.15, 0.2) is 0 Å². The predicted molar refractivity (Wildman–Crippen MR) is 96.5 cm³/mol. The molecule has 2 atom stereocenters. The van der Waals surface area contributed by atoms with E-state index in [1.807, 2.05) is 35.2 Å². The Hall–Kier alpha value is -1.71. The highest BCUT2D eigenvalue weighted by atomic mass is 35.5. The molecule has 0 saturated heterocycles. The van der Waals surface area contributed by atoms with Gasteiger partial charge in [-0.1, -0.05) is 41.4 Å². The van der Waals surface area contributed by atoms with Gasteiger partial charge in [0.05, 0.1) is 16.8 Å². The first kappa shape index (κ1) is 16.2. The maximum absolute atomic E-state index is 12.0. The number of halogens is 2. The van der Waals surface area contributed by atoms with Crippen LogP contribution in [-0.4, -0.2) is 11.9 Å². The topological polar surface area (TPSA) is 32.3 Å². The molecule has 1 amide bonds. The molecule has 5 heteroatoms. The molecule has 0 aromatic heterocycles. The van der Waals surface area contributed by atoms with Gasteiger partial charge in [0.2, 0.25) is 5.91 Å². The van der Waals surface area contributed by atoms with Gasteiger partial charge in [-0.15, -0.1) is 0 Å². The number of fused-ring (bicyclic) bond motifs is 1. The lowest BCUT2D eigenvalue weighted by Gasteiger charge is -2.39. The molecule has 3 rings (SSSR count). The largest absolute Gasteiger partial charge is 0.377 e. The van der Waals surface area contributed by atoms with Crippen LogP contribution in [-0.2, 0) is 4.79 Å². The molecular weight excluding hydrogens is 331 g/mol. The van der Waals surface area contributed by atoms with Gasteiger partial charge in [0.1, 0.15) is 0 Å². The number of anilines is 2. The highest BCUT2D eigenvalue weighted by molar-refractivity contribution is 6.35. The van der Waals surface area contributed by atoms with Crippen molar-refractivity contribution in [3.63, 3.8) is 0 Å². The SMILES string of the molecule is CC(=O)N1c2ccccc2C(Nc2cc(Cl)ccc2Cl)CC1C. The molecule has 0 aliphatic carbocycles. The van der Waals surface area contributed by atoms with Crippen molar-refractivity contribution in [1.82, 2.24) is 0 Å². The lowest BCUT2D eigenvalue weighted by atomic mass is 9.91. The Balaban J connectivity index is 1.99. The molecule has 3 nitrogen and oxygen atoms in total. The van der Waals surface area contributed by atoms with Crippen LogP contribution in [0.15, 0.2) is 42.5 Å². The zero-order chi connectivity index (χ0) is 16.6. The van der Waals surface area contributed by atoms with Crippen LogP contribution >= 0.6 is 23.2 Å². The van der Waals surface area contributed by atoms with E-state index in [4.69, 9.17) is 23.2 Å². The third-order valence-electron chi connectivity index (χ3n) is 4.19. The van der Waals surface area contributed by atoms with Gasteiger partial charge >= 0.3 is 0 Å². The number of hydrogen-bond donors (Lipinski definition) is 1. The number of hydrogen-bond acceptors (Lipinski definition) is 2. The van der Waals surface area contributed by atoms with Crippen molar-refractivity contribution in [3.05, 3.63) is 58.1 Å². The third-order valence-corrected chi connectivity index (χ3v) is 4.75. The van der Waals surface area contributed by atoms with Gasteiger partial charge < -0.3 is 10.2 Å². The molecule has 0 bridgehead atoms. The van der Waals surface area contributed by atoms with E-state index >= 15 is 0 Å². The first-order valence-electron chi connectivity index (χ1n) is 7.57. The van der Waals surface area contributed by atoms with Crippen LogP contribution in [0.3, 0.4) is 0 Å². The van der Waals surface area contributed by atoms with Crippen molar-refractivity contribution in [2.45, 2.75) is 32.4 Å². The molecule has 1 N–H and O–H groups in total. The van der Waals surface area contributed by atoms with Gasteiger partial charge in [-0.25, -0.2) is 0 Å². The van der Waals surface area contributed by atoms with Crippen LogP contribution in [0.2, 0.25) is 10.0 Å². The first-order valence-corrected chi connectivity index (χ1v) is 8.33.